The van der Waals surface area contributed by atoms with E-state index in [1.54, 1.807) is 0 Å². The van der Waals surface area contributed by atoms with Gasteiger partial charge in [-0.05, 0) is 33.1 Å². The maximum Gasteiger partial charge on any atom is 0.354 e. The van der Waals surface area contributed by atoms with Crippen molar-refractivity contribution in [3.05, 3.63) is 18.0 Å². The van der Waals surface area contributed by atoms with Crippen LogP contribution in [0.5, 0.6) is 0 Å². The summed E-state index contributed by atoms with van der Waals surface area (Å²) in [5, 5.41) is 15.6. The predicted molar refractivity (Wildman–Crippen MR) is 70.0 cm³/mol. The van der Waals surface area contributed by atoms with Gasteiger partial charge in [0.05, 0.1) is 6.54 Å². The van der Waals surface area contributed by atoms with Crippen molar-refractivity contribution in [2.24, 2.45) is 0 Å². The summed E-state index contributed by atoms with van der Waals surface area (Å²) in [6, 6.07) is 1.41. The lowest BCUT2D eigenvalue weighted by atomic mass is 10.3. The highest BCUT2D eigenvalue weighted by Crippen LogP contribution is 2.00. The highest BCUT2D eigenvalue weighted by Gasteiger charge is 2.10. The first-order valence-electron chi connectivity index (χ1n) is 6.17. The van der Waals surface area contributed by atoms with Crippen LogP contribution in [0.25, 0.3) is 0 Å². The molecule has 1 aromatic heterocycles. The van der Waals surface area contributed by atoms with Crippen molar-refractivity contribution >= 4 is 11.9 Å². The summed E-state index contributed by atoms with van der Waals surface area (Å²) in [5.41, 5.74) is 0.0976. The number of carboxylic acid groups (broad SMARTS) is 1. The van der Waals surface area contributed by atoms with E-state index in [1.165, 1.54) is 16.9 Å². The number of aryl methyl sites for hydroxylation is 1. The van der Waals surface area contributed by atoms with E-state index in [1.807, 2.05) is 14.1 Å². The maximum absolute atomic E-state index is 11.6. The third kappa shape index (κ3) is 5.52. The van der Waals surface area contributed by atoms with Crippen LogP contribution in [0.2, 0.25) is 0 Å². The van der Waals surface area contributed by atoms with Gasteiger partial charge in [-0.25, -0.2) is 4.79 Å². The molecule has 106 valence electrons. The third-order valence-corrected chi connectivity index (χ3v) is 2.59. The Morgan fingerprint density at radius 1 is 1.47 bits per heavy atom. The molecule has 0 atom stereocenters. The number of amides is 1. The number of hydrogen-bond donors (Lipinski definition) is 2. The Labute approximate surface area is 112 Å². The first-order valence-corrected chi connectivity index (χ1v) is 6.17. The second kappa shape index (κ2) is 7.52. The molecule has 0 radical (unpaired) electrons. The second-order valence-corrected chi connectivity index (χ2v) is 4.50. The molecular formula is C12H20N4O3. The Bertz CT molecular complexity index is 428. The van der Waals surface area contributed by atoms with Gasteiger partial charge in [0, 0.05) is 19.2 Å². The third-order valence-electron chi connectivity index (χ3n) is 2.59. The number of carbonyl (C=O) groups excluding carboxylic acids is 1. The lowest BCUT2D eigenvalue weighted by Gasteiger charge is -2.10. The summed E-state index contributed by atoms with van der Waals surface area (Å²) >= 11 is 0. The zero-order valence-corrected chi connectivity index (χ0v) is 11.3. The molecule has 0 aromatic carbocycles. The maximum atomic E-state index is 11.6. The van der Waals surface area contributed by atoms with Crippen molar-refractivity contribution < 1.29 is 14.7 Å². The number of carboxylic acids is 1. The van der Waals surface area contributed by atoms with Crippen molar-refractivity contribution in [3.8, 4) is 0 Å². The summed E-state index contributed by atoms with van der Waals surface area (Å²) in [5.74, 6) is -1.13. The molecule has 0 aliphatic heterocycles. The first-order chi connectivity index (χ1) is 9.00. The van der Waals surface area contributed by atoms with Crippen LogP contribution in [-0.4, -0.2) is 58.8 Å². The van der Waals surface area contributed by atoms with Gasteiger partial charge in [-0.1, -0.05) is 0 Å². The van der Waals surface area contributed by atoms with E-state index < -0.39 is 5.97 Å². The van der Waals surface area contributed by atoms with E-state index in [0.29, 0.717) is 6.54 Å². The SMILES string of the molecule is CN(C)CCCNC(=O)CCn1nccc1C(=O)O. The summed E-state index contributed by atoms with van der Waals surface area (Å²) in [4.78, 5) is 24.4. The van der Waals surface area contributed by atoms with Crippen LogP contribution in [0.15, 0.2) is 12.3 Å². The molecule has 7 nitrogen and oxygen atoms in total. The Morgan fingerprint density at radius 2 is 2.21 bits per heavy atom. The van der Waals surface area contributed by atoms with Gasteiger partial charge in [-0.2, -0.15) is 5.10 Å². The van der Waals surface area contributed by atoms with E-state index in [-0.39, 0.29) is 24.6 Å². The molecule has 1 heterocycles. The van der Waals surface area contributed by atoms with Crippen LogP contribution >= 0.6 is 0 Å². The van der Waals surface area contributed by atoms with Gasteiger partial charge in [-0.15, -0.1) is 0 Å². The summed E-state index contributed by atoms with van der Waals surface area (Å²) in [7, 11) is 3.96. The monoisotopic (exact) mass is 268 g/mol. The second-order valence-electron chi connectivity index (χ2n) is 4.50. The van der Waals surface area contributed by atoms with Gasteiger partial charge < -0.3 is 15.3 Å². The lowest BCUT2D eigenvalue weighted by Crippen LogP contribution is -2.28. The van der Waals surface area contributed by atoms with Crippen LogP contribution in [0.3, 0.4) is 0 Å². The zero-order chi connectivity index (χ0) is 14.3. The van der Waals surface area contributed by atoms with Gasteiger partial charge in [0.25, 0.3) is 0 Å². The predicted octanol–water partition coefficient (Wildman–Crippen LogP) is 0.0393. The Kier molecular flexibility index (Phi) is 6.01. The van der Waals surface area contributed by atoms with E-state index in [0.717, 1.165) is 13.0 Å². The molecule has 0 spiro atoms. The Morgan fingerprint density at radius 3 is 2.84 bits per heavy atom. The number of carbonyl (C=O) groups is 2. The van der Waals surface area contributed by atoms with Crippen LogP contribution in [0.1, 0.15) is 23.3 Å². The Hall–Kier alpha value is -1.89. The van der Waals surface area contributed by atoms with Crippen molar-refractivity contribution in [1.82, 2.24) is 20.0 Å². The smallest absolute Gasteiger partial charge is 0.354 e. The number of nitrogens with zero attached hydrogens (tertiary/aromatic N) is 3. The fourth-order valence-electron chi connectivity index (χ4n) is 1.61. The number of aromatic nitrogens is 2. The lowest BCUT2D eigenvalue weighted by molar-refractivity contribution is -0.121. The van der Waals surface area contributed by atoms with Gasteiger partial charge in [0.15, 0.2) is 0 Å². The van der Waals surface area contributed by atoms with E-state index in [4.69, 9.17) is 5.11 Å². The molecule has 0 unspecified atom stereocenters. The molecule has 0 fully saturated rings. The number of hydrogen-bond acceptors (Lipinski definition) is 4. The first kappa shape index (κ1) is 15.2. The van der Waals surface area contributed by atoms with E-state index >= 15 is 0 Å². The molecule has 1 amide bonds. The molecule has 7 heteroatoms. The summed E-state index contributed by atoms with van der Waals surface area (Å²) in [6.07, 6.45) is 2.53. The van der Waals surface area contributed by atoms with Crippen LogP contribution in [0.4, 0.5) is 0 Å². The molecule has 0 saturated heterocycles. The molecule has 2 N–H and O–H groups in total. The minimum atomic E-state index is -1.04. The zero-order valence-electron chi connectivity index (χ0n) is 11.3. The fraction of sp³-hybridized carbons (Fsp3) is 0.583. The standard InChI is InChI=1S/C12H20N4O3/c1-15(2)8-3-6-13-11(17)5-9-16-10(12(18)19)4-7-14-16/h4,7H,3,5-6,8-9H2,1-2H3,(H,13,17)(H,18,19). The number of rotatable bonds is 8. The largest absolute Gasteiger partial charge is 0.477 e. The Balaban J connectivity index is 2.26. The van der Waals surface area contributed by atoms with Gasteiger partial charge >= 0.3 is 5.97 Å². The molecule has 0 aliphatic carbocycles. The van der Waals surface area contributed by atoms with Gasteiger partial charge in [0.2, 0.25) is 5.91 Å². The normalized spacial score (nSPS) is 10.7. The van der Waals surface area contributed by atoms with Gasteiger partial charge in [0.1, 0.15) is 5.69 Å². The molecular weight excluding hydrogens is 248 g/mol. The summed E-state index contributed by atoms with van der Waals surface area (Å²) < 4.78 is 1.32. The summed E-state index contributed by atoms with van der Waals surface area (Å²) in [6.45, 7) is 1.82. The highest BCUT2D eigenvalue weighted by molar-refractivity contribution is 5.85. The fourth-order valence-corrected chi connectivity index (χ4v) is 1.61. The minimum Gasteiger partial charge on any atom is -0.477 e. The molecule has 0 aliphatic rings. The molecule has 0 bridgehead atoms. The van der Waals surface area contributed by atoms with Crippen LogP contribution in [-0.2, 0) is 11.3 Å². The molecule has 0 saturated carbocycles. The average Bonchev–Trinajstić information content (AvgIpc) is 2.80. The van der Waals surface area contributed by atoms with Crippen molar-refractivity contribution in [3.63, 3.8) is 0 Å². The topological polar surface area (TPSA) is 87.5 Å². The number of nitrogens with one attached hydrogen (secondary N) is 1. The van der Waals surface area contributed by atoms with E-state index in [9.17, 15) is 9.59 Å². The van der Waals surface area contributed by atoms with Crippen molar-refractivity contribution in [2.75, 3.05) is 27.2 Å². The molecule has 19 heavy (non-hydrogen) atoms. The van der Waals surface area contributed by atoms with Crippen molar-refractivity contribution in [1.29, 1.82) is 0 Å². The van der Waals surface area contributed by atoms with Gasteiger partial charge in [-0.3, -0.25) is 9.48 Å². The number of aromatic carboxylic acids is 1. The van der Waals surface area contributed by atoms with Crippen LogP contribution in [0, 0.1) is 0 Å². The minimum absolute atomic E-state index is 0.0920. The average molecular weight is 268 g/mol. The molecule has 1 aromatic rings. The highest BCUT2D eigenvalue weighted by atomic mass is 16.4. The molecule has 1 rings (SSSR count). The van der Waals surface area contributed by atoms with Crippen molar-refractivity contribution in [2.45, 2.75) is 19.4 Å². The van der Waals surface area contributed by atoms with E-state index in [2.05, 4.69) is 15.3 Å². The quantitative estimate of drug-likeness (QED) is 0.650. The van der Waals surface area contributed by atoms with Crippen LogP contribution < -0.4 is 5.32 Å².